The largest absolute Gasteiger partial charge is 0.493 e. The molecule has 1 aromatic heterocycles. The van der Waals surface area contributed by atoms with Gasteiger partial charge in [0.2, 0.25) is 0 Å². The third-order valence-electron chi connectivity index (χ3n) is 4.49. The summed E-state index contributed by atoms with van der Waals surface area (Å²) in [6.45, 7) is 4.42. The summed E-state index contributed by atoms with van der Waals surface area (Å²) in [6.07, 6.45) is 7.20. The van der Waals surface area contributed by atoms with Gasteiger partial charge in [-0.05, 0) is 55.4 Å². The minimum atomic E-state index is 0. The molecular weight excluding hydrogens is 451 g/mol. The predicted octanol–water partition coefficient (Wildman–Crippen LogP) is 3.70. The second-order valence-electron chi connectivity index (χ2n) is 6.83. The van der Waals surface area contributed by atoms with E-state index in [0.29, 0.717) is 6.54 Å². The van der Waals surface area contributed by atoms with Gasteiger partial charge in [0.25, 0.3) is 0 Å². The zero-order chi connectivity index (χ0) is 18.2. The maximum Gasteiger partial charge on any atom is 0.191 e. The minimum Gasteiger partial charge on any atom is -0.493 e. The molecule has 0 atom stereocenters. The third kappa shape index (κ3) is 7.36. The summed E-state index contributed by atoms with van der Waals surface area (Å²) in [7, 11) is 1.79. The number of hydrogen-bond donors (Lipinski definition) is 2. The van der Waals surface area contributed by atoms with Crippen molar-refractivity contribution in [3.63, 3.8) is 0 Å². The highest BCUT2D eigenvalue weighted by Gasteiger charge is 2.22. The average Bonchev–Trinajstić information content (AvgIpc) is 3.49. The van der Waals surface area contributed by atoms with Crippen LogP contribution in [0.1, 0.15) is 29.5 Å². The van der Waals surface area contributed by atoms with E-state index in [9.17, 15) is 0 Å². The highest BCUT2D eigenvalue weighted by atomic mass is 127. The molecule has 2 N–H and O–H groups in total. The van der Waals surface area contributed by atoms with Crippen molar-refractivity contribution in [1.82, 2.24) is 15.6 Å². The Morgan fingerprint density at radius 1 is 1.26 bits per heavy atom. The lowest BCUT2D eigenvalue weighted by atomic mass is 10.1. The Bertz CT molecular complexity index is 732. The quantitative estimate of drug-likeness (QED) is 0.344. The summed E-state index contributed by atoms with van der Waals surface area (Å²) < 4.78 is 6.04. The Morgan fingerprint density at radius 2 is 2.11 bits per heavy atom. The van der Waals surface area contributed by atoms with E-state index >= 15 is 0 Å². The van der Waals surface area contributed by atoms with E-state index < -0.39 is 0 Å². The molecule has 0 amide bonds. The first-order valence-electron chi connectivity index (χ1n) is 9.30. The van der Waals surface area contributed by atoms with Crippen molar-refractivity contribution in [2.45, 2.75) is 32.7 Å². The average molecular weight is 480 g/mol. The molecule has 146 valence electrons. The number of pyridine rings is 1. The molecule has 0 bridgehead atoms. The molecule has 6 heteroatoms. The summed E-state index contributed by atoms with van der Waals surface area (Å²) >= 11 is 0. The van der Waals surface area contributed by atoms with Gasteiger partial charge in [-0.25, -0.2) is 0 Å². The van der Waals surface area contributed by atoms with Crippen LogP contribution in [0.15, 0.2) is 47.7 Å². The molecule has 1 aliphatic rings. The maximum absolute atomic E-state index is 6.04. The van der Waals surface area contributed by atoms with Crippen LogP contribution in [0, 0.1) is 12.8 Å². The zero-order valence-corrected chi connectivity index (χ0v) is 18.4. The Morgan fingerprint density at radius 3 is 2.81 bits per heavy atom. The molecule has 2 aromatic rings. The Labute approximate surface area is 179 Å². The number of nitrogens with zero attached hydrogens (tertiary/aromatic N) is 2. The number of halogens is 1. The number of nitrogens with one attached hydrogen (secondary N) is 2. The Balaban J connectivity index is 0.00000261. The molecule has 0 unspecified atom stereocenters. The SMILES string of the molecule is CN=C(NCCc1cccnc1)NCc1ccc(C)cc1OCC1CC1.I. The van der Waals surface area contributed by atoms with Crippen LogP contribution in [0.3, 0.4) is 0 Å². The number of rotatable bonds is 8. The smallest absolute Gasteiger partial charge is 0.191 e. The van der Waals surface area contributed by atoms with Gasteiger partial charge < -0.3 is 15.4 Å². The van der Waals surface area contributed by atoms with Gasteiger partial charge in [-0.2, -0.15) is 0 Å². The van der Waals surface area contributed by atoms with Crippen LogP contribution < -0.4 is 15.4 Å². The number of aryl methyl sites for hydroxylation is 1. The summed E-state index contributed by atoms with van der Waals surface area (Å²) in [5.41, 5.74) is 3.59. The van der Waals surface area contributed by atoms with Gasteiger partial charge in [-0.15, -0.1) is 24.0 Å². The number of benzene rings is 1. The van der Waals surface area contributed by atoms with Crippen molar-refractivity contribution in [3.05, 3.63) is 59.4 Å². The van der Waals surface area contributed by atoms with E-state index in [1.165, 1.54) is 24.0 Å². The van der Waals surface area contributed by atoms with Crippen molar-refractivity contribution in [2.24, 2.45) is 10.9 Å². The monoisotopic (exact) mass is 480 g/mol. The van der Waals surface area contributed by atoms with Crippen LogP contribution in [0.5, 0.6) is 5.75 Å². The molecule has 3 rings (SSSR count). The molecule has 0 spiro atoms. The van der Waals surface area contributed by atoms with Gasteiger partial charge in [0.1, 0.15) is 5.75 Å². The minimum absolute atomic E-state index is 0. The highest BCUT2D eigenvalue weighted by molar-refractivity contribution is 14.0. The summed E-state index contributed by atoms with van der Waals surface area (Å²) in [4.78, 5) is 8.45. The Hall–Kier alpha value is -1.83. The van der Waals surface area contributed by atoms with Crippen LogP contribution >= 0.6 is 24.0 Å². The van der Waals surface area contributed by atoms with Gasteiger partial charge in [0, 0.05) is 38.1 Å². The van der Waals surface area contributed by atoms with Gasteiger partial charge in [0.05, 0.1) is 6.61 Å². The number of aliphatic imine (C=N–C) groups is 1. The van der Waals surface area contributed by atoms with E-state index in [1.807, 2.05) is 12.3 Å². The van der Waals surface area contributed by atoms with Gasteiger partial charge in [0.15, 0.2) is 5.96 Å². The van der Waals surface area contributed by atoms with Crippen LogP contribution in [0.2, 0.25) is 0 Å². The van der Waals surface area contributed by atoms with Crippen LogP contribution in [-0.2, 0) is 13.0 Å². The van der Waals surface area contributed by atoms with Crippen molar-refractivity contribution >= 4 is 29.9 Å². The standard InChI is InChI=1S/C21H28N4O.HI/c1-16-5-8-19(20(12-16)26-15-18-6-7-18)14-25-21(22-2)24-11-9-17-4-3-10-23-13-17;/h3-5,8,10,12-13,18H,6-7,9,11,14-15H2,1-2H3,(H2,22,24,25);1H. The first-order valence-corrected chi connectivity index (χ1v) is 9.30. The van der Waals surface area contributed by atoms with Gasteiger partial charge in [-0.1, -0.05) is 18.2 Å². The van der Waals surface area contributed by atoms with E-state index in [2.05, 4.69) is 51.8 Å². The van der Waals surface area contributed by atoms with Crippen molar-refractivity contribution in [2.75, 3.05) is 20.2 Å². The molecule has 0 radical (unpaired) electrons. The lowest BCUT2D eigenvalue weighted by Gasteiger charge is -2.15. The lowest BCUT2D eigenvalue weighted by molar-refractivity contribution is 0.296. The normalized spacial score (nSPS) is 13.6. The molecule has 0 aliphatic heterocycles. The first-order chi connectivity index (χ1) is 12.7. The molecule has 1 fully saturated rings. The van der Waals surface area contributed by atoms with E-state index in [4.69, 9.17) is 4.74 Å². The van der Waals surface area contributed by atoms with Crippen molar-refractivity contribution in [1.29, 1.82) is 0 Å². The topological polar surface area (TPSA) is 58.5 Å². The second kappa shape index (κ2) is 11.1. The van der Waals surface area contributed by atoms with E-state index in [-0.39, 0.29) is 24.0 Å². The van der Waals surface area contributed by atoms with E-state index in [0.717, 1.165) is 42.8 Å². The predicted molar refractivity (Wildman–Crippen MR) is 121 cm³/mol. The van der Waals surface area contributed by atoms with E-state index in [1.54, 1.807) is 13.2 Å². The molecule has 1 aromatic carbocycles. The zero-order valence-electron chi connectivity index (χ0n) is 16.1. The molecular formula is C21H29IN4O. The molecule has 27 heavy (non-hydrogen) atoms. The number of ether oxygens (including phenoxy) is 1. The summed E-state index contributed by atoms with van der Waals surface area (Å²) in [5.74, 6) is 2.52. The van der Waals surface area contributed by atoms with Gasteiger partial charge in [-0.3, -0.25) is 9.98 Å². The fourth-order valence-corrected chi connectivity index (χ4v) is 2.71. The highest BCUT2D eigenvalue weighted by Crippen LogP contribution is 2.30. The second-order valence-corrected chi connectivity index (χ2v) is 6.83. The summed E-state index contributed by atoms with van der Waals surface area (Å²) in [6, 6.07) is 10.4. The van der Waals surface area contributed by atoms with Crippen LogP contribution in [-0.4, -0.2) is 31.1 Å². The number of guanidine groups is 1. The lowest BCUT2D eigenvalue weighted by Crippen LogP contribution is -2.37. The molecule has 0 saturated heterocycles. The molecule has 1 heterocycles. The van der Waals surface area contributed by atoms with Crippen molar-refractivity contribution < 1.29 is 4.74 Å². The van der Waals surface area contributed by atoms with Crippen LogP contribution in [0.4, 0.5) is 0 Å². The fraction of sp³-hybridized carbons (Fsp3) is 0.429. The fourth-order valence-electron chi connectivity index (χ4n) is 2.71. The van der Waals surface area contributed by atoms with Gasteiger partial charge >= 0.3 is 0 Å². The number of hydrogen-bond acceptors (Lipinski definition) is 3. The number of aromatic nitrogens is 1. The molecule has 1 saturated carbocycles. The molecule has 5 nitrogen and oxygen atoms in total. The Kier molecular flexibility index (Phi) is 8.84. The maximum atomic E-state index is 6.04. The van der Waals surface area contributed by atoms with Crippen LogP contribution in [0.25, 0.3) is 0 Å². The van der Waals surface area contributed by atoms with Crippen molar-refractivity contribution in [3.8, 4) is 5.75 Å². The summed E-state index contributed by atoms with van der Waals surface area (Å²) in [5, 5.41) is 6.73. The first kappa shape index (κ1) is 21.5. The third-order valence-corrected chi connectivity index (χ3v) is 4.49. The molecule has 1 aliphatic carbocycles.